The molecule has 1 aromatic heterocycles. The summed E-state index contributed by atoms with van der Waals surface area (Å²) in [6, 6.07) is 11.0. The summed E-state index contributed by atoms with van der Waals surface area (Å²) in [7, 11) is 0. The van der Waals surface area contributed by atoms with Crippen molar-refractivity contribution in [2.24, 2.45) is 4.99 Å². The van der Waals surface area contributed by atoms with Gasteiger partial charge in [-0.3, -0.25) is 0 Å². The molecule has 0 radical (unpaired) electrons. The third-order valence-electron chi connectivity index (χ3n) is 6.25. The van der Waals surface area contributed by atoms with Gasteiger partial charge in [0.1, 0.15) is 23.5 Å². The van der Waals surface area contributed by atoms with Crippen LogP contribution in [0.4, 0.5) is 14.6 Å². The molecule has 3 unspecified atom stereocenters. The van der Waals surface area contributed by atoms with E-state index in [2.05, 4.69) is 9.77 Å². The van der Waals surface area contributed by atoms with Crippen LogP contribution in [0.15, 0.2) is 53.5 Å². The molecule has 200 valence electrons. The lowest BCUT2D eigenvalue weighted by Crippen LogP contribution is -2.46. The first-order valence-electron chi connectivity index (χ1n) is 12.2. The van der Waals surface area contributed by atoms with Crippen LogP contribution in [0.5, 0.6) is 0 Å². The molecule has 0 amide bonds. The molecule has 12 heteroatoms. The minimum Gasteiger partial charge on any atom is -0.460 e. The standard InChI is InChI=1S/C26H27F2N4O4PS/c1-16-14-31(15-17(2)35-16)37(38)23-18(3)30-32(12-13-34-26(33)20-6-10-22(28)11-7-20)24(23)29-25(36-37)19-4-8-21(27)9-5-19/h4-11,16-17H,12-15H2,1-3H3. The quantitative estimate of drug-likeness (QED) is 0.325. The maximum Gasteiger partial charge on any atom is 0.338 e. The minimum atomic E-state index is -2.87. The molecular formula is C26H27F2N4O4PS. The van der Waals surface area contributed by atoms with E-state index in [9.17, 15) is 13.6 Å². The number of aliphatic imine (C=N–C) groups is 1. The first-order chi connectivity index (χ1) is 18.1. The topological polar surface area (TPSA) is 78.2 Å². The summed E-state index contributed by atoms with van der Waals surface area (Å²) in [5.74, 6) is -0.553. The molecule has 0 saturated carbocycles. The number of carbonyl (C=O) groups excluding carboxylic acids is 1. The van der Waals surface area contributed by atoms with Gasteiger partial charge in [0.2, 0.25) is 12.3 Å². The molecule has 38 heavy (non-hydrogen) atoms. The molecule has 2 aromatic carbocycles. The van der Waals surface area contributed by atoms with Crippen molar-refractivity contribution in [2.45, 2.75) is 39.5 Å². The summed E-state index contributed by atoms with van der Waals surface area (Å²) < 4.78 is 48.5. The number of esters is 1. The number of fused-ring (bicyclic) bond motifs is 1. The highest BCUT2D eigenvalue weighted by Crippen LogP contribution is 2.56. The van der Waals surface area contributed by atoms with E-state index >= 15 is 0 Å². The fourth-order valence-electron chi connectivity index (χ4n) is 4.61. The minimum absolute atomic E-state index is 0.0144. The zero-order valence-electron chi connectivity index (χ0n) is 21.1. The van der Waals surface area contributed by atoms with Crippen LogP contribution in [0.1, 0.15) is 35.5 Å². The van der Waals surface area contributed by atoms with E-state index < -0.39 is 18.2 Å². The van der Waals surface area contributed by atoms with Crippen LogP contribution in [0, 0.1) is 18.6 Å². The van der Waals surface area contributed by atoms with Gasteiger partial charge in [-0.2, -0.15) is 10.1 Å². The van der Waals surface area contributed by atoms with Crippen molar-refractivity contribution in [3.63, 3.8) is 0 Å². The third kappa shape index (κ3) is 5.29. The second kappa shape index (κ2) is 10.6. The fourth-order valence-corrected chi connectivity index (χ4v) is 8.49. The van der Waals surface area contributed by atoms with Crippen LogP contribution in [0.3, 0.4) is 0 Å². The average molecular weight is 561 g/mol. The van der Waals surface area contributed by atoms with Gasteiger partial charge in [0, 0.05) is 18.7 Å². The number of hydrogen-bond donors (Lipinski definition) is 0. The highest BCUT2D eigenvalue weighted by molar-refractivity contribution is 8.15. The van der Waals surface area contributed by atoms with Crippen LogP contribution >= 0.6 is 6.42 Å². The fraction of sp³-hybridized carbons (Fsp3) is 0.346. The second-order valence-corrected chi connectivity index (χ2v) is 13.0. The molecule has 0 spiro atoms. The van der Waals surface area contributed by atoms with E-state index in [1.807, 2.05) is 20.8 Å². The van der Waals surface area contributed by atoms with Crippen molar-refractivity contribution in [1.29, 1.82) is 0 Å². The van der Waals surface area contributed by atoms with Crippen molar-refractivity contribution in [2.75, 3.05) is 19.7 Å². The highest BCUT2D eigenvalue weighted by Gasteiger charge is 2.44. The molecule has 2 aliphatic heterocycles. The first-order valence-corrected chi connectivity index (χ1v) is 14.9. The Hall–Kier alpha value is -2.98. The molecule has 5 rings (SSSR count). The Morgan fingerprint density at radius 1 is 1.08 bits per heavy atom. The van der Waals surface area contributed by atoms with E-state index in [-0.39, 0.29) is 42.6 Å². The molecule has 1 saturated heterocycles. The summed E-state index contributed by atoms with van der Waals surface area (Å²) in [6.45, 7) is 7.24. The number of carbonyl (C=O) groups is 1. The monoisotopic (exact) mass is 560 g/mol. The third-order valence-corrected chi connectivity index (χ3v) is 10.3. The van der Waals surface area contributed by atoms with Crippen molar-refractivity contribution in [3.05, 3.63) is 77.0 Å². The van der Waals surface area contributed by atoms with Gasteiger partial charge in [-0.05, 0) is 81.1 Å². The van der Waals surface area contributed by atoms with Gasteiger partial charge >= 0.3 is 5.97 Å². The summed E-state index contributed by atoms with van der Waals surface area (Å²) in [4.78, 5) is 17.1. The zero-order valence-corrected chi connectivity index (χ0v) is 22.8. The normalized spacial score (nSPS) is 23.3. The molecule has 1 fully saturated rings. The molecule has 0 bridgehead atoms. The van der Waals surface area contributed by atoms with E-state index in [1.54, 1.807) is 16.8 Å². The van der Waals surface area contributed by atoms with Crippen LogP contribution in [0.2, 0.25) is 0 Å². The van der Waals surface area contributed by atoms with Crippen LogP contribution in [0.25, 0.3) is 0 Å². The number of nitrogens with zero attached hydrogens (tertiary/aromatic N) is 4. The SMILES string of the molecule is Cc1nn(CCOC(=O)c2ccc(F)cc2)c2c1P(=S)(N1CC(C)OC(C)C1)OC(c1ccc(F)cc1)=N2. The Labute approximate surface area is 224 Å². The van der Waals surface area contributed by atoms with E-state index in [4.69, 9.17) is 30.8 Å². The summed E-state index contributed by atoms with van der Waals surface area (Å²) in [6.07, 6.45) is -2.96. The predicted octanol–water partition coefficient (Wildman–Crippen LogP) is 4.48. The molecule has 8 nitrogen and oxygen atoms in total. The Morgan fingerprint density at radius 2 is 1.68 bits per heavy atom. The van der Waals surface area contributed by atoms with Crippen LogP contribution in [-0.2, 0) is 32.3 Å². The molecule has 3 heterocycles. The maximum atomic E-state index is 13.6. The number of aryl methyl sites for hydroxylation is 1. The molecule has 3 atom stereocenters. The van der Waals surface area contributed by atoms with Crippen molar-refractivity contribution in [1.82, 2.24) is 14.5 Å². The van der Waals surface area contributed by atoms with Gasteiger partial charge in [0.15, 0.2) is 5.82 Å². The lowest BCUT2D eigenvalue weighted by Gasteiger charge is -2.42. The number of rotatable bonds is 6. The Bertz CT molecular complexity index is 1420. The number of halogens is 2. The number of hydrogen-bond acceptors (Lipinski definition) is 7. The lowest BCUT2D eigenvalue weighted by atomic mass is 10.2. The van der Waals surface area contributed by atoms with E-state index in [1.165, 1.54) is 36.4 Å². The van der Waals surface area contributed by atoms with Crippen LogP contribution < -0.4 is 5.30 Å². The van der Waals surface area contributed by atoms with E-state index in [0.29, 0.717) is 30.2 Å². The molecule has 0 aliphatic carbocycles. The molecule has 2 aliphatic rings. The summed E-state index contributed by atoms with van der Waals surface area (Å²) >= 11 is 6.30. The van der Waals surface area contributed by atoms with Gasteiger partial charge in [-0.15, -0.1) is 0 Å². The van der Waals surface area contributed by atoms with Gasteiger partial charge in [0.25, 0.3) is 0 Å². The van der Waals surface area contributed by atoms with Gasteiger partial charge in [-0.1, -0.05) is 0 Å². The summed E-state index contributed by atoms with van der Waals surface area (Å²) in [5, 5.41) is 5.42. The molecule has 3 aromatic rings. The van der Waals surface area contributed by atoms with E-state index in [0.717, 1.165) is 5.30 Å². The van der Waals surface area contributed by atoms with Gasteiger partial charge in [0.05, 0.1) is 30.0 Å². The van der Waals surface area contributed by atoms with Gasteiger partial charge < -0.3 is 14.0 Å². The Morgan fingerprint density at radius 3 is 2.32 bits per heavy atom. The smallest absolute Gasteiger partial charge is 0.338 e. The number of morpholine rings is 1. The highest BCUT2D eigenvalue weighted by atomic mass is 32.4. The Kier molecular flexibility index (Phi) is 7.46. The van der Waals surface area contributed by atoms with Crippen molar-refractivity contribution < 1.29 is 27.6 Å². The van der Waals surface area contributed by atoms with Gasteiger partial charge in [-0.25, -0.2) is 22.9 Å². The average Bonchev–Trinajstić information content (AvgIpc) is 3.20. The maximum absolute atomic E-state index is 13.6. The molecular weight excluding hydrogens is 533 g/mol. The molecule has 0 N–H and O–H groups in total. The predicted molar refractivity (Wildman–Crippen MR) is 143 cm³/mol. The van der Waals surface area contributed by atoms with Crippen molar-refractivity contribution >= 4 is 41.2 Å². The number of ether oxygens (including phenoxy) is 2. The second-order valence-electron chi connectivity index (χ2n) is 9.29. The number of aromatic nitrogens is 2. The number of benzene rings is 2. The Balaban J connectivity index is 1.47. The first kappa shape index (κ1) is 26.6. The van der Waals surface area contributed by atoms with Crippen LogP contribution in [-0.4, -0.2) is 58.2 Å². The largest absolute Gasteiger partial charge is 0.460 e. The lowest BCUT2D eigenvalue weighted by molar-refractivity contribution is -0.0446. The summed E-state index contributed by atoms with van der Waals surface area (Å²) in [5.41, 5.74) is 1.52. The zero-order chi connectivity index (χ0) is 27.0. The van der Waals surface area contributed by atoms with Crippen molar-refractivity contribution in [3.8, 4) is 0 Å².